The predicted octanol–water partition coefficient (Wildman–Crippen LogP) is 4.51. The van der Waals surface area contributed by atoms with Gasteiger partial charge in [-0.05, 0) is 30.5 Å². The predicted molar refractivity (Wildman–Crippen MR) is 116 cm³/mol. The van der Waals surface area contributed by atoms with Crippen molar-refractivity contribution in [2.24, 2.45) is 4.99 Å². The second-order valence-corrected chi connectivity index (χ2v) is 13.0. The average Bonchev–Trinajstić information content (AvgIpc) is 2.60. The Kier molecular flexibility index (Phi) is 10.4. The van der Waals surface area contributed by atoms with Crippen molar-refractivity contribution < 1.29 is 10.2 Å². The van der Waals surface area contributed by atoms with Crippen molar-refractivity contribution in [2.75, 3.05) is 19.8 Å². The van der Waals surface area contributed by atoms with Gasteiger partial charge in [0, 0.05) is 6.21 Å². The van der Waals surface area contributed by atoms with Crippen LogP contribution in [-0.2, 0) is 0 Å². The fraction of sp³-hybridized carbons (Fsp3) is 0.611. The lowest BCUT2D eigenvalue weighted by Gasteiger charge is -2.27. The fourth-order valence-electron chi connectivity index (χ4n) is 2.28. The van der Waals surface area contributed by atoms with E-state index in [1.54, 1.807) is 6.21 Å². The van der Waals surface area contributed by atoms with Crippen LogP contribution in [0.5, 0.6) is 0 Å². The molecule has 1 atom stereocenters. The Labute approximate surface area is 175 Å². The van der Waals surface area contributed by atoms with E-state index in [1.165, 1.54) is 0 Å². The van der Waals surface area contributed by atoms with Gasteiger partial charge in [0.1, 0.15) is 5.54 Å². The van der Waals surface area contributed by atoms with Gasteiger partial charge in [-0.2, -0.15) is 0 Å². The van der Waals surface area contributed by atoms with E-state index in [9.17, 15) is 10.2 Å². The van der Waals surface area contributed by atoms with Crippen molar-refractivity contribution >= 4 is 54.0 Å². The molecule has 0 amide bonds. The minimum Gasteiger partial charge on any atom is -0.394 e. The number of nitrogens with zero attached hydrogens (tertiary/aromatic N) is 1. The Morgan fingerprint density at radius 2 is 1.72 bits per heavy atom. The summed E-state index contributed by atoms with van der Waals surface area (Å²) in [7, 11) is 0. The van der Waals surface area contributed by atoms with Gasteiger partial charge < -0.3 is 15.5 Å². The van der Waals surface area contributed by atoms with Crippen LogP contribution in [0.4, 0.5) is 0 Å². The second-order valence-electron chi connectivity index (χ2n) is 6.10. The fourth-order valence-corrected chi connectivity index (χ4v) is 3.56. The standard InChI is InChI=1S/C18H27Br3N2O2/c1-3-5-10-22-16(18(19,20)21)15-8-6-14(7-9-15)11-23-17(4-2,12-24)13-25/h6-9,11,16,22,24-25H,3-5,10,12-13H2,1-2H3. The van der Waals surface area contributed by atoms with Gasteiger partial charge in [-0.25, -0.2) is 0 Å². The molecule has 0 bridgehead atoms. The van der Waals surface area contributed by atoms with Crippen LogP contribution in [0.15, 0.2) is 29.3 Å². The molecule has 1 unspecified atom stereocenters. The first kappa shape index (κ1) is 23.2. The number of halogens is 3. The van der Waals surface area contributed by atoms with E-state index in [0.717, 1.165) is 30.5 Å². The van der Waals surface area contributed by atoms with Crippen molar-refractivity contribution in [3.63, 3.8) is 0 Å². The molecule has 4 nitrogen and oxygen atoms in total. The number of nitrogens with one attached hydrogen (secondary N) is 1. The maximum Gasteiger partial charge on any atom is 0.154 e. The third kappa shape index (κ3) is 7.39. The molecule has 25 heavy (non-hydrogen) atoms. The Morgan fingerprint density at radius 1 is 1.12 bits per heavy atom. The summed E-state index contributed by atoms with van der Waals surface area (Å²) < 4.78 is -0.429. The lowest BCUT2D eigenvalue weighted by atomic mass is 9.99. The quantitative estimate of drug-likeness (QED) is 0.232. The first-order valence-electron chi connectivity index (χ1n) is 8.49. The molecule has 142 valence electrons. The molecular formula is C18H27Br3N2O2. The van der Waals surface area contributed by atoms with E-state index in [2.05, 4.69) is 77.2 Å². The first-order chi connectivity index (χ1) is 11.8. The van der Waals surface area contributed by atoms with Crippen molar-refractivity contribution in [3.05, 3.63) is 35.4 Å². The number of aliphatic hydroxyl groups is 2. The van der Waals surface area contributed by atoms with Crippen molar-refractivity contribution in [1.29, 1.82) is 0 Å². The summed E-state index contributed by atoms with van der Waals surface area (Å²) in [4.78, 5) is 4.40. The largest absolute Gasteiger partial charge is 0.394 e. The Balaban J connectivity index is 2.92. The summed E-state index contributed by atoms with van der Waals surface area (Å²) in [6, 6.07) is 8.13. The van der Waals surface area contributed by atoms with E-state index in [0.29, 0.717) is 6.42 Å². The second kappa shape index (κ2) is 11.1. The Hall–Kier alpha value is 0.210. The summed E-state index contributed by atoms with van der Waals surface area (Å²) in [5.74, 6) is 0. The van der Waals surface area contributed by atoms with Gasteiger partial charge in [0.05, 0.1) is 19.3 Å². The van der Waals surface area contributed by atoms with Gasteiger partial charge in [-0.3, -0.25) is 4.99 Å². The van der Waals surface area contributed by atoms with Crippen LogP contribution in [0.2, 0.25) is 0 Å². The summed E-state index contributed by atoms with van der Waals surface area (Å²) >= 11 is 10.9. The van der Waals surface area contributed by atoms with Gasteiger partial charge in [-0.15, -0.1) is 0 Å². The molecule has 1 aromatic carbocycles. The number of unbranched alkanes of at least 4 members (excludes halogenated alkanes) is 1. The number of alkyl halides is 3. The molecule has 7 heteroatoms. The highest BCUT2D eigenvalue weighted by molar-refractivity contribution is 9.39. The first-order valence-corrected chi connectivity index (χ1v) is 10.9. The van der Waals surface area contributed by atoms with E-state index >= 15 is 0 Å². The van der Waals surface area contributed by atoms with Gasteiger partial charge in [0.15, 0.2) is 2.14 Å². The Bertz CT molecular complexity index is 518. The molecule has 1 aromatic rings. The zero-order valence-corrected chi connectivity index (χ0v) is 19.4. The van der Waals surface area contributed by atoms with Crippen LogP contribution in [0.3, 0.4) is 0 Å². The highest BCUT2D eigenvalue weighted by Crippen LogP contribution is 2.45. The number of benzene rings is 1. The number of aliphatic hydroxyl groups excluding tert-OH is 2. The molecule has 0 aliphatic heterocycles. The van der Waals surface area contributed by atoms with Gasteiger partial charge in [0.25, 0.3) is 0 Å². The summed E-state index contributed by atoms with van der Waals surface area (Å²) in [6.07, 6.45) is 4.55. The van der Waals surface area contributed by atoms with Crippen LogP contribution in [0.25, 0.3) is 0 Å². The van der Waals surface area contributed by atoms with Crippen LogP contribution in [0, 0.1) is 0 Å². The monoisotopic (exact) mass is 540 g/mol. The van der Waals surface area contributed by atoms with Crippen LogP contribution in [-0.4, -0.2) is 43.9 Å². The molecule has 0 spiro atoms. The van der Waals surface area contributed by atoms with Crippen molar-refractivity contribution in [2.45, 2.75) is 46.8 Å². The summed E-state index contributed by atoms with van der Waals surface area (Å²) in [5, 5.41) is 22.5. The molecule has 0 aliphatic rings. The number of rotatable bonds is 10. The Morgan fingerprint density at radius 3 is 2.16 bits per heavy atom. The summed E-state index contributed by atoms with van der Waals surface area (Å²) in [5.41, 5.74) is 1.25. The maximum absolute atomic E-state index is 9.47. The number of aliphatic imine (C=N–C) groups is 1. The van der Waals surface area contributed by atoms with Gasteiger partial charge >= 0.3 is 0 Å². The highest BCUT2D eigenvalue weighted by atomic mass is 80.0. The van der Waals surface area contributed by atoms with E-state index in [-0.39, 0.29) is 19.3 Å². The normalized spacial score (nSPS) is 14.2. The minimum atomic E-state index is -0.806. The van der Waals surface area contributed by atoms with Gasteiger partial charge in [-0.1, -0.05) is 92.3 Å². The lowest BCUT2D eigenvalue weighted by molar-refractivity contribution is 0.120. The third-order valence-electron chi connectivity index (χ3n) is 4.21. The number of hydrogen-bond donors (Lipinski definition) is 3. The molecular weight excluding hydrogens is 516 g/mol. The number of hydrogen-bond acceptors (Lipinski definition) is 4. The van der Waals surface area contributed by atoms with E-state index in [1.807, 2.05) is 19.1 Å². The molecule has 0 heterocycles. The van der Waals surface area contributed by atoms with E-state index < -0.39 is 7.68 Å². The molecule has 0 saturated carbocycles. The smallest absolute Gasteiger partial charge is 0.154 e. The molecule has 0 aromatic heterocycles. The van der Waals surface area contributed by atoms with Crippen LogP contribution in [0.1, 0.15) is 50.3 Å². The molecule has 0 fully saturated rings. The average molecular weight is 543 g/mol. The molecule has 0 saturated heterocycles. The SMILES string of the molecule is CCCCNC(c1ccc(C=NC(CC)(CO)CO)cc1)C(Br)(Br)Br. The van der Waals surface area contributed by atoms with Crippen molar-refractivity contribution in [1.82, 2.24) is 5.32 Å². The zero-order valence-electron chi connectivity index (χ0n) is 14.7. The topological polar surface area (TPSA) is 64.9 Å². The lowest BCUT2D eigenvalue weighted by Crippen LogP contribution is -2.34. The molecule has 3 N–H and O–H groups in total. The third-order valence-corrected chi connectivity index (χ3v) is 5.58. The minimum absolute atomic E-state index is 0.0506. The van der Waals surface area contributed by atoms with Crippen LogP contribution < -0.4 is 5.32 Å². The molecule has 0 radical (unpaired) electrons. The molecule has 1 rings (SSSR count). The van der Waals surface area contributed by atoms with Crippen molar-refractivity contribution in [3.8, 4) is 0 Å². The van der Waals surface area contributed by atoms with Crippen LogP contribution >= 0.6 is 47.8 Å². The summed E-state index contributed by atoms with van der Waals surface area (Å²) in [6.45, 7) is 4.67. The van der Waals surface area contributed by atoms with E-state index in [4.69, 9.17) is 0 Å². The zero-order chi connectivity index (χ0) is 18.9. The maximum atomic E-state index is 9.47. The van der Waals surface area contributed by atoms with Gasteiger partial charge in [0.2, 0.25) is 0 Å². The molecule has 0 aliphatic carbocycles. The highest BCUT2D eigenvalue weighted by Gasteiger charge is 2.31.